The fourth-order valence-corrected chi connectivity index (χ4v) is 4.64. The molecule has 1 aliphatic rings. The molecular weight excluding hydrogens is 442 g/mol. The van der Waals surface area contributed by atoms with Gasteiger partial charge in [-0.1, -0.05) is 25.1 Å². The van der Waals surface area contributed by atoms with E-state index < -0.39 is 0 Å². The van der Waals surface area contributed by atoms with Gasteiger partial charge in [0, 0.05) is 50.1 Å². The number of hydrogen-bond donors (Lipinski definition) is 0. The van der Waals surface area contributed by atoms with Crippen molar-refractivity contribution in [2.24, 2.45) is 0 Å². The fraction of sp³-hybridized carbons (Fsp3) is 0.333. The SMILES string of the molecule is CCc1nccn1-c1ccc(C(=O)N2CCC[C@@H](c3ncc(Cc4ccccc4OC)o3)C2)cn1. The first kappa shape index (κ1) is 22.8. The van der Waals surface area contributed by atoms with Crippen molar-refractivity contribution >= 4 is 5.91 Å². The molecule has 1 saturated heterocycles. The molecule has 4 aromatic rings. The molecule has 1 fully saturated rings. The minimum atomic E-state index is -0.0177. The fourth-order valence-electron chi connectivity index (χ4n) is 4.64. The molecule has 0 aliphatic carbocycles. The molecule has 180 valence electrons. The lowest BCUT2D eigenvalue weighted by Gasteiger charge is -2.31. The molecule has 5 rings (SSSR count). The van der Waals surface area contributed by atoms with Crippen LogP contribution in [-0.2, 0) is 12.8 Å². The highest BCUT2D eigenvalue weighted by Gasteiger charge is 2.28. The molecule has 0 unspecified atom stereocenters. The molecule has 0 saturated carbocycles. The number of oxazole rings is 1. The number of piperidine rings is 1. The third-order valence-corrected chi connectivity index (χ3v) is 6.46. The number of para-hydroxylation sites is 1. The van der Waals surface area contributed by atoms with Crippen molar-refractivity contribution in [1.82, 2.24) is 24.4 Å². The number of methoxy groups -OCH3 is 1. The van der Waals surface area contributed by atoms with Crippen molar-refractivity contribution in [2.45, 2.75) is 38.5 Å². The van der Waals surface area contributed by atoms with Gasteiger partial charge in [-0.15, -0.1) is 0 Å². The van der Waals surface area contributed by atoms with Gasteiger partial charge in [-0.2, -0.15) is 0 Å². The maximum absolute atomic E-state index is 13.2. The number of imidazole rings is 1. The van der Waals surface area contributed by atoms with Crippen LogP contribution >= 0.6 is 0 Å². The zero-order chi connectivity index (χ0) is 24.2. The van der Waals surface area contributed by atoms with Crippen LogP contribution in [0, 0.1) is 0 Å². The molecule has 8 heteroatoms. The van der Waals surface area contributed by atoms with E-state index in [1.54, 1.807) is 25.7 Å². The van der Waals surface area contributed by atoms with Crippen LogP contribution in [0.1, 0.15) is 59.1 Å². The van der Waals surface area contributed by atoms with Crippen molar-refractivity contribution in [3.63, 3.8) is 0 Å². The molecule has 8 nitrogen and oxygen atoms in total. The average molecular weight is 472 g/mol. The molecule has 0 N–H and O–H groups in total. The van der Waals surface area contributed by atoms with Crippen molar-refractivity contribution in [1.29, 1.82) is 0 Å². The number of rotatable bonds is 7. The van der Waals surface area contributed by atoms with E-state index in [0.29, 0.717) is 31.0 Å². The summed E-state index contributed by atoms with van der Waals surface area (Å²) in [7, 11) is 1.67. The predicted molar refractivity (Wildman–Crippen MR) is 131 cm³/mol. The van der Waals surface area contributed by atoms with E-state index in [1.807, 2.05) is 52.1 Å². The van der Waals surface area contributed by atoms with Crippen LogP contribution in [0.15, 0.2) is 65.6 Å². The highest BCUT2D eigenvalue weighted by atomic mass is 16.5. The summed E-state index contributed by atoms with van der Waals surface area (Å²) in [5.74, 6) is 4.06. The zero-order valence-corrected chi connectivity index (χ0v) is 20.1. The van der Waals surface area contributed by atoms with E-state index >= 15 is 0 Å². The van der Waals surface area contributed by atoms with Crippen LogP contribution in [0.3, 0.4) is 0 Å². The maximum atomic E-state index is 13.2. The number of hydrogen-bond acceptors (Lipinski definition) is 6. The lowest BCUT2D eigenvalue weighted by molar-refractivity contribution is 0.0697. The predicted octanol–water partition coefficient (Wildman–Crippen LogP) is 4.44. The largest absolute Gasteiger partial charge is 0.496 e. The second kappa shape index (κ2) is 10.1. The number of ether oxygens (including phenoxy) is 1. The van der Waals surface area contributed by atoms with E-state index in [-0.39, 0.29) is 11.8 Å². The smallest absolute Gasteiger partial charge is 0.255 e. The summed E-state index contributed by atoms with van der Waals surface area (Å²) in [6, 6.07) is 11.6. The van der Waals surface area contributed by atoms with Gasteiger partial charge in [-0.05, 0) is 31.0 Å². The Kier molecular flexibility index (Phi) is 6.61. The van der Waals surface area contributed by atoms with Crippen molar-refractivity contribution in [2.75, 3.05) is 20.2 Å². The summed E-state index contributed by atoms with van der Waals surface area (Å²) >= 11 is 0. The first-order valence-corrected chi connectivity index (χ1v) is 12.0. The average Bonchev–Trinajstić information content (AvgIpc) is 3.58. The quantitative estimate of drug-likeness (QED) is 0.396. The van der Waals surface area contributed by atoms with Gasteiger partial charge in [-0.3, -0.25) is 9.36 Å². The zero-order valence-electron chi connectivity index (χ0n) is 20.1. The molecule has 1 aromatic carbocycles. The van der Waals surface area contributed by atoms with Gasteiger partial charge in [0.1, 0.15) is 23.2 Å². The Balaban J connectivity index is 1.26. The van der Waals surface area contributed by atoms with Crippen LogP contribution in [0.2, 0.25) is 0 Å². The maximum Gasteiger partial charge on any atom is 0.255 e. The third-order valence-electron chi connectivity index (χ3n) is 6.46. The number of nitrogens with zero attached hydrogens (tertiary/aromatic N) is 5. The first-order chi connectivity index (χ1) is 17.2. The van der Waals surface area contributed by atoms with Crippen LogP contribution in [-0.4, -0.2) is 50.5 Å². The van der Waals surface area contributed by atoms with E-state index in [0.717, 1.165) is 48.0 Å². The molecule has 1 amide bonds. The van der Waals surface area contributed by atoms with E-state index in [1.165, 1.54) is 0 Å². The van der Waals surface area contributed by atoms with Gasteiger partial charge in [0.05, 0.1) is 24.8 Å². The Morgan fingerprint density at radius 1 is 1.14 bits per heavy atom. The number of pyridine rings is 1. The van der Waals surface area contributed by atoms with Gasteiger partial charge in [0.15, 0.2) is 5.89 Å². The monoisotopic (exact) mass is 471 g/mol. The Morgan fingerprint density at radius 2 is 2.03 bits per heavy atom. The van der Waals surface area contributed by atoms with Gasteiger partial charge in [-0.25, -0.2) is 15.0 Å². The van der Waals surface area contributed by atoms with E-state index in [4.69, 9.17) is 9.15 Å². The standard InChI is InChI=1S/C27H29N5O3/c1-3-24-28-12-14-32(24)25-11-10-20(16-29-25)27(33)31-13-6-8-21(18-31)26-30-17-22(35-26)15-19-7-4-5-9-23(19)34-2/h4-5,7,9-12,14,16-17,21H,3,6,8,13,15,18H2,1-2H3/t21-/m1/s1. The van der Waals surface area contributed by atoms with Crippen LogP contribution < -0.4 is 4.74 Å². The Morgan fingerprint density at radius 3 is 2.83 bits per heavy atom. The minimum absolute atomic E-state index is 0.0177. The second-order valence-electron chi connectivity index (χ2n) is 8.72. The lowest BCUT2D eigenvalue weighted by Crippen LogP contribution is -2.39. The number of amides is 1. The summed E-state index contributed by atoms with van der Waals surface area (Å²) in [5.41, 5.74) is 1.63. The van der Waals surface area contributed by atoms with Gasteiger partial charge in [0.25, 0.3) is 5.91 Å². The van der Waals surface area contributed by atoms with Gasteiger partial charge >= 0.3 is 0 Å². The number of likely N-dealkylation sites (tertiary alicyclic amines) is 1. The second-order valence-corrected chi connectivity index (χ2v) is 8.72. The molecule has 35 heavy (non-hydrogen) atoms. The normalized spacial score (nSPS) is 15.8. The first-order valence-electron chi connectivity index (χ1n) is 12.0. The summed E-state index contributed by atoms with van der Waals surface area (Å²) in [4.78, 5) is 28.5. The number of benzene rings is 1. The molecule has 1 atom stereocenters. The molecule has 0 spiro atoms. The number of aryl methyl sites for hydroxylation is 1. The van der Waals surface area contributed by atoms with Crippen LogP contribution in [0.5, 0.6) is 5.75 Å². The number of carbonyl (C=O) groups is 1. The van der Waals surface area contributed by atoms with Crippen molar-refractivity contribution < 1.29 is 13.9 Å². The highest BCUT2D eigenvalue weighted by Crippen LogP contribution is 2.29. The van der Waals surface area contributed by atoms with Crippen LogP contribution in [0.4, 0.5) is 0 Å². The molecular formula is C27H29N5O3. The van der Waals surface area contributed by atoms with Crippen molar-refractivity contribution in [3.05, 3.63) is 89.8 Å². The molecule has 0 bridgehead atoms. The summed E-state index contributed by atoms with van der Waals surface area (Å²) in [5, 5.41) is 0. The summed E-state index contributed by atoms with van der Waals surface area (Å²) < 4.78 is 13.5. The molecule has 0 radical (unpaired) electrons. The number of carbonyl (C=O) groups excluding carboxylic acids is 1. The Bertz CT molecular complexity index is 1290. The number of aromatic nitrogens is 4. The molecule has 3 aromatic heterocycles. The highest BCUT2D eigenvalue weighted by molar-refractivity contribution is 5.94. The molecule has 1 aliphatic heterocycles. The molecule has 4 heterocycles. The van der Waals surface area contributed by atoms with E-state index in [9.17, 15) is 4.79 Å². The van der Waals surface area contributed by atoms with Crippen molar-refractivity contribution in [3.8, 4) is 11.6 Å². The van der Waals surface area contributed by atoms with Gasteiger partial charge in [0.2, 0.25) is 0 Å². The summed E-state index contributed by atoms with van der Waals surface area (Å²) in [6.45, 7) is 3.35. The Hall–Kier alpha value is -3.94. The summed E-state index contributed by atoms with van der Waals surface area (Å²) in [6.07, 6.45) is 10.3. The lowest BCUT2D eigenvalue weighted by atomic mass is 9.97. The van der Waals surface area contributed by atoms with Gasteiger partial charge < -0.3 is 14.1 Å². The van der Waals surface area contributed by atoms with E-state index in [2.05, 4.69) is 21.9 Å². The minimum Gasteiger partial charge on any atom is -0.496 e. The van der Waals surface area contributed by atoms with Crippen LogP contribution in [0.25, 0.3) is 5.82 Å². The Labute approximate surface area is 204 Å². The third kappa shape index (κ3) is 4.82. The topological polar surface area (TPSA) is 86.3 Å².